The van der Waals surface area contributed by atoms with Gasteiger partial charge in [0.1, 0.15) is 0 Å². The Labute approximate surface area is 184 Å². The van der Waals surface area contributed by atoms with Crippen LogP contribution in [0.3, 0.4) is 0 Å². The Balaban J connectivity index is 1.53. The van der Waals surface area contributed by atoms with Crippen molar-refractivity contribution in [3.05, 3.63) is 78.4 Å². The fraction of sp³-hybridized carbons (Fsp3) is 0.125. The first-order valence-electron chi connectivity index (χ1n) is 9.84. The van der Waals surface area contributed by atoms with Crippen LogP contribution in [0.15, 0.2) is 78.0 Å². The molecule has 2 N–H and O–H groups in total. The summed E-state index contributed by atoms with van der Waals surface area (Å²) in [6, 6.07) is 23.2. The van der Waals surface area contributed by atoms with Crippen molar-refractivity contribution in [1.29, 1.82) is 0 Å². The number of anilines is 2. The number of amides is 2. The number of rotatable bonds is 6. The molecule has 7 heteroatoms. The van der Waals surface area contributed by atoms with Crippen LogP contribution >= 0.6 is 11.8 Å². The van der Waals surface area contributed by atoms with E-state index in [-0.39, 0.29) is 17.6 Å². The van der Waals surface area contributed by atoms with Gasteiger partial charge < -0.3 is 10.6 Å². The van der Waals surface area contributed by atoms with Crippen LogP contribution in [0.25, 0.3) is 16.7 Å². The zero-order valence-electron chi connectivity index (χ0n) is 17.3. The summed E-state index contributed by atoms with van der Waals surface area (Å²) in [5.74, 6) is -0.0960. The minimum Gasteiger partial charge on any atom is -0.326 e. The third kappa shape index (κ3) is 4.95. The van der Waals surface area contributed by atoms with Gasteiger partial charge in [0.2, 0.25) is 11.8 Å². The summed E-state index contributed by atoms with van der Waals surface area (Å²) < 4.78 is 2.08. The number of imidazole rings is 1. The highest BCUT2D eigenvalue weighted by molar-refractivity contribution is 7.99. The number of fused-ring (bicyclic) bond motifs is 1. The van der Waals surface area contributed by atoms with Gasteiger partial charge in [-0.1, -0.05) is 42.1 Å². The zero-order valence-corrected chi connectivity index (χ0v) is 18.1. The minimum absolute atomic E-state index is 0.146. The van der Waals surface area contributed by atoms with Gasteiger partial charge in [-0.25, -0.2) is 4.98 Å². The van der Waals surface area contributed by atoms with Crippen LogP contribution in [0.5, 0.6) is 0 Å². The van der Waals surface area contributed by atoms with Gasteiger partial charge in [0.15, 0.2) is 5.16 Å². The molecule has 1 heterocycles. The van der Waals surface area contributed by atoms with Crippen molar-refractivity contribution in [1.82, 2.24) is 9.55 Å². The first-order chi connectivity index (χ1) is 15.0. The van der Waals surface area contributed by atoms with E-state index < -0.39 is 0 Å². The van der Waals surface area contributed by atoms with E-state index in [9.17, 15) is 9.59 Å². The van der Waals surface area contributed by atoms with Crippen molar-refractivity contribution >= 4 is 46.0 Å². The highest BCUT2D eigenvalue weighted by Crippen LogP contribution is 2.28. The predicted molar refractivity (Wildman–Crippen MR) is 126 cm³/mol. The van der Waals surface area contributed by atoms with Crippen LogP contribution in [-0.4, -0.2) is 27.1 Å². The molecule has 0 unspecified atom stereocenters. The Hall–Kier alpha value is -3.58. The van der Waals surface area contributed by atoms with E-state index in [0.29, 0.717) is 11.4 Å². The lowest BCUT2D eigenvalue weighted by Gasteiger charge is -2.10. The summed E-state index contributed by atoms with van der Waals surface area (Å²) in [7, 11) is 0. The van der Waals surface area contributed by atoms with Gasteiger partial charge in [0, 0.05) is 24.0 Å². The van der Waals surface area contributed by atoms with Crippen LogP contribution < -0.4 is 10.6 Å². The first kappa shape index (κ1) is 20.7. The fourth-order valence-electron chi connectivity index (χ4n) is 3.32. The van der Waals surface area contributed by atoms with Gasteiger partial charge >= 0.3 is 0 Å². The smallest absolute Gasteiger partial charge is 0.234 e. The molecule has 0 aliphatic heterocycles. The number of nitrogens with one attached hydrogen (secondary N) is 2. The number of aryl methyl sites for hydroxylation is 1. The molecule has 4 aromatic rings. The number of thioether (sulfide) groups is 1. The van der Waals surface area contributed by atoms with E-state index in [1.807, 2.05) is 36.4 Å². The number of carbonyl (C=O) groups is 2. The Morgan fingerprint density at radius 1 is 0.935 bits per heavy atom. The third-order valence-corrected chi connectivity index (χ3v) is 5.53. The van der Waals surface area contributed by atoms with E-state index in [4.69, 9.17) is 4.98 Å². The number of hydrogen-bond donors (Lipinski definition) is 2. The number of nitrogens with zero attached hydrogens (tertiary/aromatic N) is 2. The molecule has 31 heavy (non-hydrogen) atoms. The maximum atomic E-state index is 12.6. The fourth-order valence-corrected chi connectivity index (χ4v) is 4.15. The van der Waals surface area contributed by atoms with Crippen LogP contribution in [0.1, 0.15) is 12.5 Å². The molecule has 3 aromatic carbocycles. The van der Waals surface area contributed by atoms with Gasteiger partial charge in [-0.3, -0.25) is 14.2 Å². The molecule has 4 rings (SSSR count). The highest BCUT2D eigenvalue weighted by Gasteiger charge is 2.15. The predicted octanol–water partition coefficient (Wildman–Crippen LogP) is 5.02. The minimum atomic E-state index is -0.158. The Morgan fingerprint density at radius 2 is 1.68 bits per heavy atom. The molecule has 0 aliphatic rings. The number of hydrogen-bond acceptors (Lipinski definition) is 4. The molecular formula is C24H22N4O2S. The second kappa shape index (κ2) is 9.06. The zero-order chi connectivity index (χ0) is 21.8. The summed E-state index contributed by atoms with van der Waals surface area (Å²) in [5.41, 5.74) is 5.32. The summed E-state index contributed by atoms with van der Waals surface area (Å²) in [4.78, 5) is 28.6. The Kier molecular flexibility index (Phi) is 6.04. The molecular weight excluding hydrogens is 408 g/mol. The quantitative estimate of drug-likeness (QED) is 0.421. The maximum absolute atomic E-state index is 12.6. The average Bonchev–Trinajstić information content (AvgIpc) is 3.10. The molecule has 0 saturated heterocycles. The van der Waals surface area contributed by atoms with Crippen LogP contribution in [0.2, 0.25) is 0 Å². The lowest BCUT2D eigenvalue weighted by Crippen LogP contribution is -2.15. The van der Waals surface area contributed by atoms with E-state index in [2.05, 4.69) is 34.3 Å². The molecule has 0 spiro atoms. The van der Waals surface area contributed by atoms with Crippen molar-refractivity contribution in [2.24, 2.45) is 0 Å². The molecule has 6 nitrogen and oxygen atoms in total. The number of benzene rings is 3. The number of para-hydroxylation sites is 2. The number of aromatic nitrogens is 2. The second-order valence-corrected chi connectivity index (χ2v) is 8.10. The van der Waals surface area contributed by atoms with E-state index in [1.165, 1.54) is 18.7 Å². The molecule has 0 aliphatic carbocycles. The molecule has 0 bridgehead atoms. The van der Waals surface area contributed by atoms with Gasteiger partial charge in [0.05, 0.1) is 16.8 Å². The van der Waals surface area contributed by atoms with Crippen molar-refractivity contribution in [2.45, 2.75) is 19.0 Å². The highest BCUT2D eigenvalue weighted by atomic mass is 32.2. The largest absolute Gasteiger partial charge is 0.326 e. The molecule has 2 amide bonds. The second-order valence-electron chi connectivity index (χ2n) is 7.16. The van der Waals surface area contributed by atoms with Crippen LogP contribution in [0.4, 0.5) is 11.4 Å². The molecule has 0 fully saturated rings. The Bertz CT molecular complexity index is 1270. The Morgan fingerprint density at radius 3 is 2.45 bits per heavy atom. The summed E-state index contributed by atoms with van der Waals surface area (Å²) in [6.07, 6.45) is 0. The van der Waals surface area contributed by atoms with Crippen molar-refractivity contribution in [3.8, 4) is 5.69 Å². The van der Waals surface area contributed by atoms with Gasteiger partial charge in [0.25, 0.3) is 0 Å². The SMILES string of the molecule is CC(=O)Nc1cccc(NC(=O)CSc2nc3ccccc3n2-c2cccc(C)c2)c1. The standard InChI is InChI=1S/C24H22N4O2S/c1-16-7-5-10-20(13-16)28-22-12-4-3-11-21(22)27-24(28)31-15-23(30)26-19-9-6-8-18(14-19)25-17(2)29/h3-14H,15H2,1-2H3,(H,25,29)(H,26,30). The monoisotopic (exact) mass is 430 g/mol. The summed E-state index contributed by atoms with van der Waals surface area (Å²) in [5, 5.41) is 6.35. The average molecular weight is 431 g/mol. The van der Waals surface area contributed by atoms with E-state index >= 15 is 0 Å². The summed E-state index contributed by atoms with van der Waals surface area (Å²) >= 11 is 1.39. The van der Waals surface area contributed by atoms with Crippen molar-refractivity contribution < 1.29 is 9.59 Å². The number of carbonyl (C=O) groups excluding carboxylic acids is 2. The van der Waals surface area contributed by atoms with Gasteiger partial charge in [-0.15, -0.1) is 0 Å². The third-order valence-electron chi connectivity index (χ3n) is 4.59. The van der Waals surface area contributed by atoms with Crippen molar-refractivity contribution in [3.63, 3.8) is 0 Å². The van der Waals surface area contributed by atoms with Crippen molar-refractivity contribution in [2.75, 3.05) is 16.4 Å². The maximum Gasteiger partial charge on any atom is 0.234 e. The van der Waals surface area contributed by atoms with E-state index in [1.54, 1.807) is 24.3 Å². The van der Waals surface area contributed by atoms with Crippen LogP contribution in [0, 0.1) is 6.92 Å². The normalized spacial score (nSPS) is 10.8. The molecule has 0 atom stereocenters. The topological polar surface area (TPSA) is 76.0 Å². The molecule has 0 saturated carbocycles. The molecule has 156 valence electrons. The molecule has 1 aromatic heterocycles. The molecule has 0 radical (unpaired) electrons. The lowest BCUT2D eigenvalue weighted by atomic mass is 10.2. The van der Waals surface area contributed by atoms with Gasteiger partial charge in [-0.05, 0) is 55.0 Å². The lowest BCUT2D eigenvalue weighted by molar-refractivity contribution is -0.114. The van der Waals surface area contributed by atoms with Crippen LogP contribution in [-0.2, 0) is 9.59 Å². The van der Waals surface area contributed by atoms with E-state index in [0.717, 1.165) is 27.4 Å². The first-order valence-corrected chi connectivity index (χ1v) is 10.8. The summed E-state index contributed by atoms with van der Waals surface area (Å²) in [6.45, 7) is 3.50. The van der Waals surface area contributed by atoms with Gasteiger partial charge in [-0.2, -0.15) is 0 Å².